The summed E-state index contributed by atoms with van der Waals surface area (Å²) in [7, 11) is 1.58. The molecule has 0 saturated carbocycles. The van der Waals surface area contributed by atoms with Gasteiger partial charge in [0.15, 0.2) is 5.75 Å². The molecule has 3 N–H and O–H groups in total. The molecule has 0 unspecified atom stereocenters. The van der Waals surface area contributed by atoms with E-state index in [-0.39, 0.29) is 5.91 Å². The molecule has 0 aliphatic heterocycles. The smallest absolute Gasteiger partial charge is 0.263 e. The normalized spacial score (nSPS) is 10.2. The predicted octanol–water partition coefficient (Wildman–Crippen LogP) is 1.93. The van der Waals surface area contributed by atoms with Gasteiger partial charge in [-0.1, -0.05) is 0 Å². The van der Waals surface area contributed by atoms with Crippen molar-refractivity contribution in [3.63, 3.8) is 0 Å². The fourth-order valence-electron chi connectivity index (χ4n) is 1.74. The van der Waals surface area contributed by atoms with Crippen molar-refractivity contribution in [2.75, 3.05) is 37.4 Å². The maximum Gasteiger partial charge on any atom is 0.263 e. The molecule has 0 aliphatic rings. The van der Waals surface area contributed by atoms with Gasteiger partial charge in [-0.05, 0) is 20.8 Å². The summed E-state index contributed by atoms with van der Waals surface area (Å²) >= 11 is 1.38. The molecule has 0 radical (unpaired) electrons. The predicted molar refractivity (Wildman–Crippen MR) is 76.9 cm³/mol. The van der Waals surface area contributed by atoms with Crippen LogP contribution in [0, 0.1) is 0 Å². The van der Waals surface area contributed by atoms with Crippen LogP contribution in [0.1, 0.15) is 30.4 Å². The van der Waals surface area contributed by atoms with E-state index < -0.39 is 0 Å². The van der Waals surface area contributed by atoms with Crippen molar-refractivity contribution >= 4 is 27.9 Å². The summed E-state index contributed by atoms with van der Waals surface area (Å²) in [5, 5.41) is 3.68. The second-order valence-electron chi connectivity index (χ2n) is 3.72. The number of nitrogens with one attached hydrogen (secondary N) is 1. The zero-order chi connectivity index (χ0) is 13.7. The van der Waals surface area contributed by atoms with E-state index in [2.05, 4.69) is 24.1 Å². The number of methoxy groups -OCH3 is 1. The Bertz CT molecular complexity index is 414. The SMILES string of the molecule is CCNC(=O)c1sc(N(CC)CC)c(OC)c1N. The molecule has 102 valence electrons. The number of anilines is 2. The van der Waals surface area contributed by atoms with E-state index >= 15 is 0 Å². The molecule has 0 aliphatic carbocycles. The zero-order valence-electron chi connectivity index (χ0n) is 11.4. The van der Waals surface area contributed by atoms with Gasteiger partial charge in [0.1, 0.15) is 15.6 Å². The monoisotopic (exact) mass is 271 g/mol. The van der Waals surface area contributed by atoms with Crippen LogP contribution < -0.4 is 20.7 Å². The summed E-state index contributed by atoms with van der Waals surface area (Å²) in [6.45, 7) is 8.28. The Hall–Kier alpha value is -1.43. The lowest BCUT2D eigenvalue weighted by Gasteiger charge is -2.19. The van der Waals surface area contributed by atoms with Crippen molar-refractivity contribution in [1.29, 1.82) is 0 Å². The van der Waals surface area contributed by atoms with Crippen LogP contribution in [-0.4, -0.2) is 32.7 Å². The van der Waals surface area contributed by atoms with Gasteiger partial charge in [0.2, 0.25) is 0 Å². The van der Waals surface area contributed by atoms with Gasteiger partial charge in [0.25, 0.3) is 5.91 Å². The number of nitrogens with two attached hydrogens (primary N) is 1. The minimum Gasteiger partial charge on any atom is -0.492 e. The Balaban J connectivity index is 3.20. The van der Waals surface area contributed by atoms with Crippen molar-refractivity contribution in [2.24, 2.45) is 0 Å². The summed E-state index contributed by atoms with van der Waals surface area (Å²) in [5.41, 5.74) is 6.42. The molecule has 0 fully saturated rings. The quantitative estimate of drug-likeness (QED) is 0.829. The van der Waals surface area contributed by atoms with Gasteiger partial charge in [0.05, 0.1) is 7.11 Å². The highest BCUT2D eigenvalue weighted by Crippen LogP contribution is 2.44. The first kappa shape index (κ1) is 14.6. The minimum absolute atomic E-state index is 0.142. The molecule has 0 spiro atoms. The second-order valence-corrected chi connectivity index (χ2v) is 4.71. The third-order valence-corrected chi connectivity index (χ3v) is 3.93. The van der Waals surface area contributed by atoms with E-state index in [1.165, 1.54) is 11.3 Å². The first-order chi connectivity index (χ1) is 8.60. The molecule has 5 nitrogen and oxygen atoms in total. The van der Waals surface area contributed by atoms with Crippen LogP contribution in [0.2, 0.25) is 0 Å². The van der Waals surface area contributed by atoms with Crippen LogP contribution >= 0.6 is 11.3 Å². The lowest BCUT2D eigenvalue weighted by atomic mass is 10.3. The number of thiophene rings is 1. The van der Waals surface area contributed by atoms with E-state index in [4.69, 9.17) is 10.5 Å². The number of carbonyl (C=O) groups is 1. The van der Waals surface area contributed by atoms with E-state index in [1.807, 2.05) is 6.92 Å². The van der Waals surface area contributed by atoms with E-state index in [1.54, 1.807) is 7.11 Å². The molecule has 1 aromatic heterocycles. The molecular formula is C12H21N3O2S. The van der Waals surface area contributed by atoms with Crippen molar-refractivity contribution in [1.82, 2.24) is 5.32 Å². The number of hydrogen-bond donors (Lipinski definition) is 2. The highest BCUT2D eigenvalue weighted by atomic mass is 32.1. The molecule has 0 aromatic carbocycles. The van der Waals surface area contributed by atoms with Crippen LogP contribution in [0.25, 0.3) is 0 Å². The summed E-state index contributed by atoms with van der Waals surface area (Å²) in [5.74, 6) is 0.460. The van der Waals surface area contributed by atoms with Gasteiger partial charge >= 0.3 is 0 Å². The summed E-state index contributed by atoms with van der Waals surface area (Å²) in [6, 6.07) is 0. The third-order valence-electron chi connectivity index (χ3n) is 2.68. The molecule has 0 atom stereocenters. The molecule has 1 heterocycles. The largest absolute Gasteiger partial charge is 0.492 e. The highest BCUT2D eigenvalue weighted by molar-refractivity contribution is 7.19. The van der Waals surface area contributed by atoms with E-state index in [0.717, 1.165) is 18.1 Å². The van der Waals surface area contributed by atoms with Gasteiger partial charge in [0, 0.05) is 19.6 Å². The number of carbonyl (C=O) groups excluding carboxylic acids is 1. The van der Waals surface area contributed by atoms with Crippen LogP contribution in [0.5, 0.6) is 5.75 Å². The van der Waals surface area contributed by atoms with Crippen molar-refractivity contribution in [3.05, 3.63) is 4.88 Å². The molecule has 18 heavy (non-hydrogen) atoms. The maximum atomic E-state index is 11.9. The second kappa shape index (κ2) is 6.49. The first-order valence-electron chi connectivity index (χ1n) is 6.09. The standard InChI is InChI=1S/C12H21N3O2S/c1-5-14-11(16)10-8(13)9(17-4)12(18-10)15(6-2)7-3/h5-7,13H2,1-4H3,(H,14,16). The molecule has 0 bridgehead atoms. The van der Waals surface area contributed by atoms with Crippen LogP contribution in [0.4, 0.5) is 10.7 Å². The fraction of sp³-hybridized carbons (Fsp3) is 0.583. The van der Waals surface area contributed by atoms with Gasteiger partial charge in [-0.2, -0.15) is 0 Å². The lowest BCUT2D eigenvalue weighted by molar-refractivity contribution is 0.0960. The molecule has 1 aromatic rings. The van der Waals surface area contributed by atoms with Crippen LogP contribution in [0.3, 0.4) is 0 Å². The fourth-order valence-corrected chi connectivity index (χ4v) is 2.98. The molecule has 6 heteroatoms. The highest BCUT2D eigenvalue weighted by Gasteiger charge is 2.23. The number of amides is 1. The topological polar surface area (TPSA) is 67.6 Å². The van der Waals surface area contributed by atoms with Crippen molar-refractivity contribution < 1.29 is 9.53 Å². The minimum atomic E-state index is -0.142. The zero-order valence-corrected chi connectivity index (χ0v) is 12.2. The molecular weight excluding hydrogens is 250 g/mol. The number of ether oxygens (including phenoxy) is 1. The Labute approximate surface area is 112 Å². The number of rotatable bonds is 6. The third kappa shape index (κ3) is 2.69. The Morgan fingerprint density at radius 3 is 2.44 bits per heavy atom. The van der Waals surface area contributed by atoms with Gasteiger partial charge in [-0.25, -0.2) is 0 Å². The number of nitrogen functional groups attached to an aromatic ring is 1. The molecule has 1 rings (SSSR count). The average molecular weight is 271 g/mol. The van der Waals surface area contributed by atoms with Crippen molar-refractivity contribution in [3.8, 4) is 5.75 Å². The Morgan fingerprint density at radius 1 is 1.39 bits per heavy atom. The summed E-state index contributed by atoms with van der Waals surface area (Å²) in [4.78, 5) is 14.5. The molecule has 0 saturated heterocycles. The van der Waals surface area contributed by atoms with Gasteiger partial charge in [-0.15, -0.1) is 11.3 Å². The summed E-state index contributed by atoms with van der Waals surface area (Å²) in [6.07, 6.45) is 0. The van der Waals surface area contributed by atoms with E-state index in [9.17, 15) is 4.79 Å². The maximum absolute atomic E-state index is 11.9. The number of hydrogen-bond acceptors (Lipinski definition) is 5. The van der Waals surface area contributed by atoms with Crippen molar-refractivity contribution in [2.45, 2.75) is 20.8 Å². The van der Waals surface area contributed by atoms with E-state index in [0.29, 0.717) is 22.9 Å². The molecule has 1 amide bonds. The Kier molecular flexibility index (Phi) is 5.27. The first-order valence-corrected chi connectivity index (χ1v) is 6.91. The Morgan fingerprint density at radius 2 is 2.00 bits per heavy atom. The van der Waals surface area contributed by atoms with Gasteiger partial charge in [-0.3, -0.25) is 4.79 Å². The van der Waals surface area contributed by atoms with Crippen LogP contribution in [-0.2, 0) is 0 Å². The number of nitrogens with zero attached hydrogens (tertiary/aromatic N) is 1. The lowest BCUT2D eigenvalue weighted by Crippen LogP contribution is -2.22. The summed E-state index contributed by atoms with van der Waals surface area (Å²) < 4.78 is 5.33. The van der Waals surface area contributed by atoms with Crippen LogP contribution in [0.15, 0.2) is 0 Å². The van der Waals surface area contributed by atoms with Gasteiger partial charge < -0.3 is 20.7 Å². The average Bonchev–Trinajstić information content (AvgIpc) is 2.68.